The summed E-state index contributed by atoms with van der Waals surface area (Å²) in [5.74, 6) is 0.111. The first-order valence-corrected chi connectivity index (χ1v) is 9.22. The van der Waals surface area contributed by atoms with Gasteiger partial charge in [0.05, 0.1) is 11.2 Å². The second-order valence-electron chi connectivity index (χ2n) is 5.55. The molecule has 0 saturated carbocycles. The van der Waals surface area contributed by atoms with Crippen molar-refractivity contribution in [1.29, 1.82) is 0 Å². The fraction of sp³-hybridized carbons (Fsp3) is 0.353. The molecule has 3 rings (SSSR count). The standard InChI is InChI=1S/C17H18ClN3OS/c1-23-17-20-10-14(18)15(21-17)16(22)19-9-12-7-4-6-11-5-2-3-8-13(11)12/h2-3,5,8,10,12H,4,6-7,9H2,1H3,(H,19,22). The summed E-state index contributed by atoms with van der Waals surface area (Å²) >= 11 is 7.44. The molecule has 0 bridgehead atoms. The van der Waals surface area contributed by atoms with E-state index >= 15 is 0 Å². The van der Waals surface area contributed by atoms with Crippen molar-refractivity contribution in [2.45, 2.75) is 30.3 Å². The van der Waals surface area contributed by atoms with Crippen LogP contribution in [0.2, 0.25) is 5.02 Å². The number of carbonyl (C=O) groups is 1. The van der Waals surface area contributed by atoms with Gasteiger partial charge >= 0.3 is 0 Å². The Balaban J connectivity index is 1.71. The van der Waals surface area contributed by atoms with Crippen LogP contribution >= 0.6 is 23.4 Å². The number of nitrogens with zero attached hydrogens (tertiary/aromatic N) is 2. The highest BCUT2D eigenvalue weighted by molar-refractivity contribution is 7.98. The number of amides is 1. The van der Waals surface area contributed by atoms with Gasteiger partial charge in [0.25, 0.3) is 5.91 Å². The largest absolute Gasteiger partial charge is 0.350 e. The minimum atomic E-state index is -0.240. The number of fused-ring (bicyclic) bond motifs is 1. The lowest BCUT2D eigenvalue weighted by molar-refractivity contribution is 0.0944. The minimum absolute atomic E-state index is 0.240. The third-order valence-electron chi connectivity index (χ3n) is 4.12. The van der Waals surface area contributed by atoms with Crippen molar-refractivity contribution in [3.63, 3.8) is 0 Å². The fourth-order valence-electron chi connectivity index (χ4n) is 2.97. The first-order valence-electron chi connectivity index (χ1n) is 7.61. The summed E-state index contributed by atoms with van der Waals surface area (Å²) in [5, 5.41) is 3.80. The SMILES string of the molecule is CSc1ncc(Cl)c(C(=O)NCC2CCCc3ccccc32)n1. The van der Waals surface area contributed by atoms with Gasteiger partial charge in [-0.15, -0.1) is 0 Å². The van der Waals surface area contributed by atoms with Crippen molar-refractivity contribution in [2.24, 2.45) is 0 Å². The lowest BCUT2D eigenvalue weighted by Crippen LogP contribution is -2.30. The van der Waals surface area contributed by atoms with E-state index in [-0.39, 0.29) is 16.6 Å². The maximum atomic E-state index is 12.4. The minimum Gasteiger partial charge on any atom is -0.350 e. The molecule has 0 saturated heterocycles. The molecule has 2 aromatic rings. The number of hydrogen-bond donors (Lipinski definition) is 1. The van der Waals surface area contributed by atoms with E-state index in [1.54, 1.807) is 0 Å². The number of hydrogen-bond acceptors (Lipinski definition) is 4. The van der Waals surface area contributed by atoms with Gasteiger partial charge in [-0.2, -0.15) is 0 Å². The fourth-order valence-corrected chi connectivity index (χ4v) is 3.49. The normalized spacial score (nSPS) is 16.7. The summed E-state index contributed by atoms with van der Waals surface area (Å²) < 4.78 is 0. The molecular formula is C17H18ClN3OS. The molecule has 1 atom stereocenters. The molecule has 1 aromatic carbocycles. The topological polar surface area (TPSA) is 54.9 Å². The average molecular weight is 348 g/mol. The number of benzene rings is 1. The van der Waals surface area contributed by atoms with Crippen molar-refractivity contribution in [3.05, 3.63) is 52.3 Å². The molecule has 23 heavy (non-hydrogen) atoms. The van der Waals surface area contributed by atoms with Crippen LogP contribution in [0.5, 0.6) is 0 Å². The van der Waals surface area contributed by atoms with E-state index in [4.69, 9.17) is 11.6 Å². The zero-order valence-electron chi connectivity index (χ0n) is 12.9. The molecule has 1 aromatic heterocycles. The Hall–Kier alpha value is -1.59. The van der Waals surface area contributed by atoms with Gasteiger partial charge in [-0.25, -0.2) is 9.97 Å². The van der Waals surface area contributed by atoms with Crippen molar-refractivity contribution >= 4 is 29.3 Å². The third-order valence-corrected chi connectivity index (χ3v) is 4.96. The monoisotopic (exact) mass is 347 g/mol. The Morgan fingerprint density at radius 2 is 2.26 bits per heavy atom. The molecular weight excluding hydrogens is 330 g/mol. The molecule has 1 aliphatic rings. The maximum absolute atomic E-state index is 12.4. The molecule has 6 heteroatoms. The van der Waals surface area contributed by atoms with Gasteiger partial charge in [-0.1, -0.05) is 47.6 Å². The summed E-state index contributed by atoms with van der Waals surface area (Å²) in [4.78, 5) is 20.7. The summed E-state index contributed by atoms with van der Waals surface area (Å²) in [7, 11) is 0. The quantitative estimate of drug-likeness (QED) is 0.676. The van der Waals surface area contributed by atoms with E-state index in [0.717, 1.165) is 19.3 Å². The second kappa shape index (κ2) is 7.32. The summed E-state index contributed by atoms with van der Waals surface area (Å²) in [6.07, 6.45) is 6.71. The van der Waals surface area contributed by atoms with Gasteiger partial charge < -0.3 is 5.32 Å². The lowest BCUT2D eigenvalue weighted by atomic mass is 9.83. The van der Waals surface area contributed by atoms with Crippen LogP contribution in [0.1, 0.15) is 40.4 Å². The van der Waals surface area contributed by atoms with Crippen LogP contribution in [0.15, 0.2) is 35.6 Å². The summed E-state index contributed by atoms with van der Waals surface area (Å²) in [6.45, 7) is 0.602. The molecule has 0 fully saturated rings. The van der Waals surface area contributed by atoms with E-state index in [2.05, 4.69) is 39.6 Å². The molecule has 1 heterocycles. The molecule has 1 aliphatic carbocycles. The number of aromatic nitrogens is 2. The van der Waals surface area contributed by atoms with Gasteiger partial charge in [0.15, 0.2) is 10.9 Å². The Bertz CT molecular complexity index is 723. The van der Waals surface area contributed by atoms with Gasteiger partial charge in [0.1, 0.15) is 0 Å². The van der Waals surface area contributed by atoms with Crippen molar-refractivity contribution < 1.29 is 4.79 Å². The van der Waals surface area contributed by atoms with Crippen molar-refractivity contribution in [3.8, 4) is 0 Å². The lowest BCUT2D eigenvalue weighted by Gasteiger charge is -2.25. The first-order chi connectivity index (χ1) is 11.2. The Morgan fingerprint density at radius 1 is 1.43 bits per heavy atom. The molecule has 0 aliphatic heterocycles. The van der Waals surface area contributed by atoms with Crippen molar-refractivity contribution in [2.75, 3.05) is 12.8 Å². The number of rotatable bonds is 4. The average Bonchev–Trinajstić information content (AvgIpc) is 2.60. The molecule has 1 N–H and O–H groups in total. The number of thioether (sulfide) groups is 1. The Kier molecular flexibility index (Phi) is 5.18. The van der Waals surface area contributed by atoms with Gasteiger partial charge in [0, 0.05) is 12.5 Å². The molecule has 0 spiro atoms. The van der Waals surface area contributed by atoms with Crippen LogP contribution in [-0.4, -0.2) is 28.7 Å². The van der Waals surface area contributed by atoms with Crippen LogP contribution in [0, 0.1) is 0 Å². The Morgan fingerprint density at radius 3 is 3.09 bits per heavy atom. The molecule has 0 radical (unpaired) electrons. The predicted octanol–water partition coefficient (Wildman–Crippen LogP) is 3.70. The van der Waals surface area contributed by atoms with E-state index in [9.17, 15) is 4.79 Å². The third kappa shape index (κ3) is 3.67. The smallest absolute Gasteiger partial charge is 0.271 e. The number of nitrogens with one attached hydrogen (secondary N) is 1. The van der Waals surface area contributed by atoms with Crippen LogP contribution in [-0.2, 0) is 6.42 Å². The number of halogens is 1. The molecule has 1 amide bonds. The summed E-state index contributed by atoms with van der Waals surface area (Å²) in [5.41, 5.74) is 2.98. The first kappa shape index (κ1) is 16.3. The van der Waals surface area contributed by atoms with Gasteiger partial charge in [-0.05, 0) is 36.6 Å². The second-order valence-corrected chi connectivity index (χ2v) is 6.73. The summed E-state index contributed by atoms with van der Waals surface area (Å²) in [6, 6.07) is 8.47. The van der Waals surface area contributed by atoms with E-state index < -0.39 is 0 Å². The highest BCUT2D eigenvalue weighted by atomic mass is 35.5. The van der Waals surface area contributed by atoms with Gasteiger partial charge in [-0.3, -0.25) is 4.79 Å². The van der Waals surface area contributed by atoms with Crippen LogP contribution in [0.4, 0.5) is 0 Å². The maximum Gasteiger partial charge on any atom is 0.271 e. The van der Waals surface area contributed by atoms with Crippen molar-refractivity contribution in [1.82, 2.24) is 15.3 Å². The van der Waals surface area contributed by atoms with E-state index in [1.807, 2.05) is 6.26 Å². The van der Waals surface area contributed by atoms with Crippen LogP contribution in [0.3, 0.4) is 0 Å². The highest BCUT2D eigenvalue weighted by Gasteiger charge is 2.21. The zero-order chi connectivity index (χ0) is 16.2. The Labute approximate surface area is 145 Å². The predicted molar refractivity (Wildman–Crippen MR) is 93.3 cm³/mol. The van der Waals surface area contributed by atoms with Crippen LogP contribution < -0.4 is 5.32 Å². The molecule has 120 valence electrons. The molecule has 1 unspecified atom stereocenters. The zero-order valence-corrected chi connectivity index (χ0v) is 14.5. The van der Waals surface area contributed by atoms with Crippen LogP contribution in [0.25, 0.3) is 0 Å². The number of carbonyl (C=O) groups excluding carboxylic acids is 1. The van der Waals surface area contributed by atoms with E-state index in [1.165, 1.54) is 29.1 Å². The van der Waals surface area contributed by atoms with Gasteiger partial charge in [0.2, 0.25) is 0 Å². The highest BCUT2D eigenvalue weighted by Crippen LogP contribution is 2.30. The number of aryl methyl sites for hydroxylation is 1. The van der Waals surface area contributed by atoms with E-state index in [0.29, 0.717) is 17.6 Å². The molecule has 4 nitrogen and oxygen atoms in total.